The molecule has 2 aliphatic rings. The first-order valence-electron chi connectivity index (χ1n) is 10.8. The third-order valence-electron chi connectivity index (χ3n) is 5.15. The molecular weight excluding hydrogens is 535 g/mol. The molecule has 2 N–H and O–H groups in total. The van der Waals surface area contributed by atoms with Crippen LogP contribution in [0, 0.1) is 5.82 Å². The molecule has 38 heavy (non-hydrogen) atoms. The van der Waals surface area contributed by atoms with Gasteiger partial charge in [-0.3, -0.25) is 9.88 Å². The van der Waals surface area contributed by atoms with Crippen LogP contribution in [0.1, 0.15) is 18.5 Å². The molecule has 0 unspecified atom stereocenters. The third-order valence-corrected chi connectivity index (χ3v) is 5.15. The number of hydrogen-bond donors (Lipinski definition) is 2. The van der Waals surface area contributed by atoms with E-state index in [0.29, 0.717) is 6.54 Å². The maximum atomic E-state index is 13.9. The van der Waals surface area contributed by atoms with Crippen LogP contribution in [0.3, 0.4) is 0 Å². The van der Waals surface area contributed by atoms with E-state index in [-0.39, 0.29) is 24.1 Å². The standard InChI is InChI=1S/C18H20FN3O2.2C2HF3O2/c19-14-6-3-9-21-18(14)24-16-12-22(11-13-5-1-2-8-20-13)15-7-4-10-23-17(15)16;2*3-2(4,5)1(6)7/h1-3,5-6,8-9,15-17H,4,7,10-12H2;2*(H,6,7)/t15-,16+,17+;;/m1../s1. The maximum absolute atomic E-state index is 13.9. The van der Waals surface area contributed by atoms with E-state index in [0.717, 1.165) is 31.7 Å². The van der Waals surface area contributed by atoms with Crippen LogP contribution >= 0.6 is 0 Å². The Balaban J connectivity index is 0.000000301. The first-order chi connectivity index (χ1) is 17.7. The summed E-state index contributed by atoms with van der Waals surface area (Å²) in [6, 6.07) is 9.12. The van der Waals surface area contributed by atoms with Gasteiger partial charge in [-0.2, -0.15) is 26.3 Å². The summed E-state index contributed by atoms with van der Waals surface area (Å²) in [7, 11) is 0. The van der Waals surface area contributed by atoms with Crippen molar-refractivity contribution in [3.8, 4) is 5.88 Å². The normalized spacial score (nSPS) is 21.2. The molecule has 210 valence electrons. The number of rotatable bonds is 4. The highest BCUT2D eigenvalue weighted by molar-refractivity contribution is 5.73. The topological polar surface area (TPSA) is 122 Å². The van der Waals surface area contributed by atoms with Crippen LogP contribution in [0.25, 0.3) is 0 Å². The van der Waals surface area contributed by atoms with Gasteiger partial charge in [0.25, 0.3) is 5.88 Å². The molecule has 2 saturated heterocycles. The number of nitrogens with zero attached hydrogens (tertiary/aromatic N) is 3. The third kappa shape index (κ3) is 9.41. The van der Waals surface area contributed by atoms with Crippen molar-refractivity contribution in [2.45, 2.75) is 50.0 Å². The molecule has 0 bridgehead atoms. The SMILES string of the molecule is Fc1cccnc1O[C@H]1CN(Cc2ccccn2)[C@@H]2CCCO[C@H]12.O=C(O)C(F)(F)F.O=C(O)C(F)(F)F. The minimum atomic E-state index is -5.08. The lowest BCUT2D eigenvalue weighted by Gasteiger charge is -2.32. The van der Waals surface area contributed by atoms with Crippen molar-refractivity contribution in [2.75, 3.05) is 13.2 Å². The highest BCUT2D eigenvalue weighted by Gasteiger charge is 2.46. The molecule has 0 spiro atoms. The Hall–Kier alpha value is -3.53. The molecular formula is C22H22F7N3O6. The Labute approximate surface area is 210 Å². The van der Waals surface area contributed by atoms with Crippen LogP contribution in [0.2, 0.25) is 0 Å². The molecule has 2 aromatic rings. The first kappa shape index (κ1) is 30.7. The molecule has 4 heterocycles. The summed E-state index contributed by atoms with van der Waals surface area (Å²) in [5, 5.41) is 14.2. The van der Waals surface area contributed by atoms with Gasteiger partial charge in [-0.05, 0) is 37.1 Å². The number of halogens is 7. The van der Waals surface area contributed by atoms with Crippen molar-refractivity contribution in [1.82, 2.24) is 14.9 Å². The van der Waals surface area contributed by atoms with Gasteiger partial charge in [0.05, 0.1) is 5.69 Å². The number of aromatic nitrogens is 2. The minimum absolute atomic E-state index is 0.0510. The van der Waals surface area contributed by atoms with Crippen molar-refractivity contribution in [3.63, 3.8) is 0 Å². The quantitative estimate of drug-likeness (QED) is 0.542. The fourth-order valence-corrected chi connectivity index (χ4v) is 3.59. The van der Waals surface area contributed by atoms with E-state index in [1.54, 1.807) is 12.3 Å². The largest absolute Gasteiger partial charge is 0.490 e. The van der Waals surface area contributed by atoms with Crippen molar-refractivity contribution < 1.29 is 60.0 Å². The van der Waals surface area contributed by atoms with Crippen molar-refractivity contribution >= 4 is 11.9 Å². The predicted molar refractivity (Wildman–Crippen MR) is 113 cm³/mol. The van der Waals surface area contributed by atoms with E-state index in [2.05, 4.69) is 14.9 Å². The number of pyridine rings is 2. The lowest BCUT2D eigenvalue weighted by molar-refractivity contribution is -0.193. The smallest absolute Gasteiger partial charge is 0.475 e. The summed E-state index contributed by atoms with van der Waals surface area (Å²) in [6.45, 7) is 2.15. The molecule has 0 saturated carbocycles. The summed E-state index contributed by atoms with van der Waals surface area (Å²) in [5.41, 5.74) is 1.02. The lowest BCUT2D eigenvalue weighted by atomic mass is 10.0. The maximum Gasteiger partial charge on any atom is 0.490 e. The van der Waals surface area contributed by atoms with E-state index >= 15 is 0 Å². The Morgan fingerprint density at radius 2 is 1.61 bits per heavy atom. The predicted octanol–water partition coefficient (Wildman–Crippen LogP) is 3.69. The number of aliphatic carboxylic acids is 2. The highest BCUT2D eigenvalue weighted by atomic mass is 19.4. The second-order valence-corrected chi connectivity index (χ2v) is 7.85. The van der Waals surface area contributed by atoms with Gasteiger partial charge in [0.1, 0.15) is 12.2 Å². The van der Waals surface area contributed by atoms with Gasteiger partial charge >= 0.3 is 24.3 Å². The number of carboxylic acid groups (broad SMARTS) is 2. The average Bonchev–Trinajstić information content (AvgIpc) is 3.18. The molecule has 0 aromatic carbocycles. The second kappa shape index (κ2) is 13.3. The fraction of sp³-hybridized carbons (Fsp3) is 0.455. The van der Waals surface area contributed by atoms with Crippen LogP contribution in [0.5, 0.6) is 5.88 Å². The van der Waals surface area contributed by atoms with Gasteiger partial charge < -0.3 is 19.7 Å². The monoisotopic (exact) mass is 557 g/mol. The number of fused-ring (bicyclic) bond motifs is 1. The number of carbonyl (C=O) groups is 2. The molecule has 2 aliphatic heterocycles. The fourth-order valence-electron chi connectivity index (χ4n) is 3.59. The Morgan fingerprint density at radius 1 is 1.00 bits per heavy atom. The molecule has 2 fully saturated rings. The molecule has 0 aliphatic carbocycles. The molecule has 0 radical (unpaired) electrons. The first-order valence-corrected chi connectivity index (χ1v) is 10.8. The van der Waals surface area contributed by atoms with E-state index in [4.69, 9.17) is 29.3 Å². The lowest BCUT2D eigenvalue weighted by Crippen LogP contribution is -2.42. The zero-order valence-electron chi connectivity index (χ0n) is 19.3. The number of alkyl halides is 6. The molecule has 4 rings (SSSR count). The van der Waals surface area contributed by atoms with Crippen LogP contribution in [-0.2, 0) is 20.9 Å². The Morgan fingerprint density at radius 3 is 2.13 bits per heavy atom. The van der Waals surface area contributed by atoms with E-state index in [1.807, 2.05) is 18.2 Å². The number of hydrogen-bond acceptors (Lipinski definition) is 7. The molecule has 16 heteroatoms. The summed E-state index contributed by atoms with van der Waals surface area (Å²) < 4.78 is 89.2. The molecule has 3 atom stereocenters. The number of likely N-dealkylation sites (tertiary alicyclic amines) is 1. The minimum Gasteiger partial charge on any atom is -0.475 e. The van der Waals surface area contributed by atoms with Gasteiger partial charge in [-0.15, -0.1) is 0 Å². The van der Waals surface area contributed by atoms with Crippen LogP contribution in [-0.4, -0.2) is 80.8 Å². The molecule has 9 nitrogen and oxygen atoms in total. The summed E-state index contributed by atoms with van der Waals surface area (Å²) in [5.74, 6) is -5.90. The summed E-state index contributed by atoms with van der Waals surface area (Å²) >= 11 is 0. The molecule has 2 aromatic heterocycles. The highest BCUT2D eigenvalue weighted by Crippen LogP contribution is 2.32. The number of ether oxygens (including phenoxy) is 2. The zero-order valence-corrected chi connectivity index (χ0v) is 19.3. The molecule has 0 amide bonds. The van der Waals surface area contributed by atoms with Crippen LogP contribution < -0.4 is 4.74 Å². The van der Waals surface area contributed by atoms with Crippen LogP contribution in [0.15, 0.2) is 42.7 Å². The summed E-state index contributed by atoms with van der Waals surface area (Å²) in [6.07, 6.45) is -5.00. The Bertz CT molecular complexity index is 1030. The zero-order chi connectivity index (χ0) is 28.5. The second-order valence-electron chi connectivity index (χ2n) is 7.85. The van der Waals surface area contributed by atoms with Crippen molar-refractivity contribution in [1.29, 1.82) is 0 Å². The van der Waals surface area contributed by atoms with Crippen molar-refractivity contribution in [3.05, 3.63) is 54.2 Å². The van der Waals surface area contributed by atoms with E-state index < -0.39 is 30.1 Å². The van der Waals surface area contributed by atoms with Gasteiger partial charge in [0.2, 0.25) is 0 Å². The van der Waals surface area contributed by atoms with E-state index in [1.165, 1.54) is 12.3 Å². The average molecular weight is 557 g/mol. The van der Waals surface area contributed by atoms with Crippen LogP contribution in [0.4, 0.5) is 30.7 Å². The number of carboxylic acids is 2. The van der Waals surface area contributed by atoms with Gasteiger partial charge in [-0.25, -0.2) is 19.0 Å². The van der Waals surface area contributed by atoms with Gasteiger partial charge in [-0.1, -0.05) is 6.07 Å². The van der Waals surface area contributed by atoms with Gasteiger partial charge in [0.15, 0.2) is 5.82 Å². The van der Waals surface area contributed by atoms with Crippen molar-refractivity contribution in [2.24, 2.45) is 0 Å². The summed E-state index contributed by atoms with van der Waals surface area (Å²) in [4.78, 5) is 28.5. The van der Waals surface area contributed by atoms with Gasteiger partial charge in [0, 0.05) is 38.1 Å². The van der Waals surface area contributed by atoms with E-state index in [9.17, 15) is 30.7 Å². The Kier molecular flexibility index (Phi) is 10.8.